The van der Waals surface area contributed by atoms with E-state index in [2.05, 4.69) is 19.3 Å². The topological polar surface area (TPSA) is 104 Å². The van der Waals surface area contributed by atoms with Crippen molar-refractivity contribution >= 4 is 32.3 Å². The van der Waals surface area contributed by atoms with E-state index in [9.17, 15) is 9.00 Å². The van der Waals surface area contributed by atoms with Crippen molar-refractivity contribution in [2.45, 2.75) is 77.9 Å². The largest absolute Gasteiger partial charge is 0.474 e. The molecular weight excluding hydrogens is 500 g/mol. The van der Waals surface area contributed by atoms with Gasteiger partial charge in [0, 0.05) is 52.2 Å². The van der Waals surface area contributed by atoms with Gasteiger partial charge in [-0.2, -0.15) is 4.36 Å². The molecule has 2 heterocycles. The molecule has 0 radical (unpaired) electrons. The molecule has 0 aliphatic heterocycles. The molecule has 0 amide bonds. The number of carbonyl (C=O) groups is 1. The molecular formula is C29H38N4O4S. The highest BCUT2D eigenvalue weighted by Crippen LogP contribution is 2.32. The van der Waals surface area contributed by atoms with E-state index in [1.165, 1.54) is 0 Å². The monoisotopic (exact) mass is 538 g/mol. The quantitative estimate of drug-likeness (QED) is 0.342. The fourth-order valence-corrected chi connectivity index (χ4v) is 5.58. The van der Waals surface area contributed by atoms with E-state index in [1.54, 1.807) is 25.0 Å². The first-order valence-corrected chi connectivity index (χ1v) is 15.4. The maximum absolute atomic E-state index is 12.2. The lowest BCUT2D eigenvalue weighted by molar-refractivity contribution is -0.156. The van der Waals surface area contributed by atoms with Gasteiger partial charge in [-0.25, -0.2) is 19.2 Å². The van der Waals surface area contributed by atoms with Crippen molar-refractivity contribution in [3.8, 4) is 5.88 Å². The molecule has 1 fully saturated rings. The fourth-order valence-electron chi connectivity index (χ4n) is 4.97. The van der Waals surface area contributed by atoms with Crippen molar-refractivity contribution in [3.05, 3.63) is 53.6 Å². The minimum atomic E-state index is -2.27. The summed E-state index contributed by atoms with van der Waals surface area (Å²) in [6.07, 6.45) is 11.2. The van der Waals surface area contributed by atoms with Crippen LogP contribution in [0.5, 0.6) is 5.88 Å². The zero-order valence-electron chi connectivity index (χ0n) is 23.2. The number of fused-ring (bicyclic) bond motifs is 1. The Morgan fingerprint density at radius 2 is 1.84 bits per heavy atom. The first-order valence-electron chi connectivity index (χ1n) is 13.1. The van der Waals surface area contributed by atoms with Crippen LogP contribution in [0.1, 0.15) is 69.7 Å². The van der Waals surface area contributed by atoms with Gasteiger partial charge in [0.15, 0.2) is 0 Å². The van der Waals surface area contributed by atoms with E-state index >= 15 is 0 Å². The van der Waals surface area contributed by atoms with Gasteiger partial charge in [-0.15, -0.1) is 0 Å². The number of esters is 1. The second-order valence-electron chi connectivity index (χ2n) is 11.4. The summed E-state index contributed by atoms with van der Waals surface area (Å²) < 4.78 is 28.4. The lowest BCUT2D eigenvalue weighted by atomic mass is 9.85. The van der Waals surface area contributed by atoms with E-state index in [0.717, 1.165) is 53.4 Å². The van der Waals surface area contributed by atoms with E-state index in [4.69, 9.17) is 9.47 Å². The SMILES string of the molecule is Cc1cc(N=S(C)(C)=O)cc2ncnc(Cc3cccnc3OC3CCC(CC(=O)OC(C)(C)C)CC3)c12. The van der Waals surface area contributed by atoms with Crippen LogP contribution >= 0.6 is 0 Å². The van der Waals surface area contributed by atoms with Crippen molar-refractivity contribution < 1.29 is 18.5 Å². The van der Waals surface area contributed by atoms with Gasteiger partial charge >= 0.3 is 5.97 Å². The van der Waals surface area contributed by atoms with E-state index < -0.39 is 15.3 Å². The number of hydrogen-bond acceptors (Lipinski definition) is 8. The predicted octanol–water partition coefficient (Wildman–Crippen LogP) is 5.95. The summed E-state index contributed by atoms with van der Waals surface area (Å²) >= 11 is 0. The molecule has 1 aromatic carbocycles. The van der Waals surface area contributed by atoms with E-state index in [-0.39, 0.29) is 12.1 Å². The van der Waals surface area contributed by atoms with Crippen molar-refractivity contribution in [1.29, 1.82) is 0 Å². The van der Waals surface area contributed by atoms with Crippen molar-refractivity contribution in [1.82, 2.24) is 15.0 Å². The molecule has 1 saturated carbocycles. The number of nitrogens with zero attached hydrogens (tertiary/aromatic N) is 4. The van der Waals surface area contributed by atoms with Crippen LogP contribution in [0, 0.1) is 12.8 Å². The Balaban J connectivity index is 1.47. The van der Waals surface area contributed by atoms with Crippen LogP contribution in [-0.2, 0) is 25.7 Å². The molecule has 38 heavy (non-hydrogen) atoms. The molecule has 1 aliphatic carbocycles. The Kier molecular flexibility index (Phi) is 8.35. The van der Waals surface area contributed by atoms with E-state index in [0.29, 0.717) is 30.3 Å². The maximum Gasteiger partial charge on any atom is 0.306 e. The van der Waals surface area contributed by atoms with Gasteiger partial charge in [-0.3, -0.25) is 4.79 Å². The molecule has 0 bridgehead atoms. The van der Waals surface area contributed by atoms with Gasteiger partial charge < -0.3 is 9.47 Å². The zero-order chi connectivity index (χ0) is 27.5. The van der Waals surface area contributed by atoms with Crippen LogP contribution < -0.4 is 4.74 Å². The molecule has 204 valence electrons. The van der Waals surface area contributed by atoms with Crippen LogP contribution in [0.2, 0.25) is 0 Å². The first-order chi connectivity index (χ1) is 17.9. The fraction of sp³-hybridized carbons (Fsp3) is 0.517. The summed E-state index contributed by atoms with van der Waals surface area (Å²) in [4.78, 5) is 25.8. The molecule has 9 heteroatoms. The predicted molar refractivity (Wildman–Crippen MR) is 150 cm³/mol. The van der Waals surface area contributed by atoms with Crippen LogP contribution in [-0.4, -0.2) is 49.3 Å². The van der Waals surface area contributed by atoms with Gasteiger partial charge in [-0.05, 0) is 83.1 Å². The minimum absolute atomic E-state index is 0.0598. The molecule has 0 N–H and O–H groups in total. The molecule has 3 aromatic rings. The summed E-state index contributed by atoms with van der Waals surface area (Å²) in [6, 6.07) is 7.72. The summed E-state index contributed by atoms with van der Waals surface area (Å²) in [7, 11) is -2.27. The number of carbonyl (C=O) groups excluding carboxylic acids is 1. The molecule has 4 rings (SSSR count). The molecule has 0 saturated heterocycles. The second-order valence-corrected chi connectivity index (χ2v) is 14.0. The maximum atomic E-state index is 12.2. The summed E-state index contributed by atoms with van der Waals surface area (Å²) in [5, 5.41) is 0.961. The third-order valence-corrected chi connectivity index (χ3v) is 7.13. The molecule has 0 spiro atoms. The van der Waals surface area contributed by atoms with Gasteiger partial charge in [0.25, 0.3) is 0 Å². The Morgan fingerprint density at radius 1 is 1.11 bits per heavy atom. The highest BCUT2D eigenvalue weighted by atomic mass is 32.2. The summed E-state index contributed by atoms with van der Waals surface area (Å²) in [5.41, 5.74) is 3.80. The van der Waals surface area contributed by atoms with E-state index in [1.807, 2.05) is 52.0 Å². The Morgan fingerprint density at radius 3 is 2.53 bits per heavy atom. The average Bonchev–Trinajstić information content (AvgIpc) is 2.79. The smallest absolute Gasteiger partial charge is 0.306 e. The first kappa shape index (κ1) is 28.0. The third kappa shape index (κ3) is 7.72. The van der Waals surface area contributed by atoms with Crippen LogP contribution in [0.3, 0.4) is 0 Å². The molecule has 1 aliphatic rings. The normalized spacial score (nSPS) is 18.3. The van der Waals surface area contributed by atoms with Crippen LogP contribution in [0.25, 0.3) is 10.9 Å². The Hall–Kier alpha value is -3.07. The summed E-state index contributed by atoms with van der Waals surface area (Å²) in [5.74, 6) is 0.824. The standard InChI is InChI=1S/C29H38N4O4S/c1-19-14-22(33-38(5,6)35)17-25-27(19)24(31-18-32-25)16-21-8-7-13-30-28(21)36-23-11-9-20(10-12-23)15-26(34)37-29(2,3)4/h7-8,13-14,17-18,20,23H,9-12,15-16H2,1-6H3. The van der Waals surface area contributed by atoms with Crippen molar-refractivity contribution in [3.63, 3.8) is 0 Å². The lowest BCUT2D eigenvalue weighted by Gasteiger charge is -2.29. The summed E-state index contributed by atoms with van der Waals surface area (Å²) in [6.45, 7) is 7.69. The number of hydrogen-bond donors (Lipinski definition) is 0. The number of aromatic nitrogens is 3. The third-order valence-electron chi connectivity index (χ3n) is 6.48. The average molecular weight is 539 g/mol. The van der Waals surface area contributed by atoms with Crippen LogP contribution in [0.15, 0.2) is 41.2 Å². The van der Waals surface area contributed by atoms with Gasteiger partial charge in [0.05, 0.1) is 16.9 Å². The number of aryl methyl sites for hydroxylation is 1. The minimum Gasteiger partial charge on any atom is -0.474 e. The molecule has 8 nitrogen and oxygen atoms in total. The van der Waals surface area contributed by atoms with Gasteiger partial charge in [-0.1, -0.05) is 6.07 Å². The lowest BCUT2D eigenvalue weighted by Crippen LogP contribution is -2.29. The number of pyridine rings is 1. The second kappa shape index (κ2) is 11.4. The van der Waals surface area contributed by atoms with Crippen molar-refractivity contribution in [2.75, 3.05) is 12.5 Å². The van der Waals surface area contributed by atoms with Gasteiger partial charge in [0.1, 0.15) is 18.0 Å². The molecule has 2 aromatic heterocycles. The molecule has 0 atom stereocenters. The van der Waals surface area contributed by atoms with Crippen molar-refractivity contribution in [2.24, 2.45) is 10.3 Å². The zero-order valence-corrected chi connectivity index (χ0v) is 24.0. The number of rotatable bonds is 7. The number of ether oxygens (including phenoxy) is 2. The Bertz CT molecular complexity index is 1420. The molecule has 0 unspecified atom stereocenters. The highest BCUT2D eigenvalue weighted by Gasteiger charge is 2.27. The Labute approximate surface area is 225 Å². The van der Waals surface area contributed by atoms with Gasteiger partial charge in [0.2, 0.25) is 5.88 Å². The van der Waals surface area contributed by atoms with Crippen LogP contribution in [0.4, 0.5) is 5.69 Å². The number of benzene rings is 1. The highest BCUT2D eigenvalue weighted by molar-refractivity contribution is 7.92.